The third-order valence-electron chi connectivity index (χ3n) is 10.5. The number of esters is 3. The van der Waals surface area contributed by atoms with Crippen LogP contribution in [0.25, 0.3) is 0 Å². The largest absolute Gasteiger partial charge is 0.462 e. The lowest BCUT2D eigenvalue weighted by Crippen LogP contribution is -2.30. The standard InChI is InChI=1S/C58H94O6/c1-4-7-10-13-16-18-20-22-24-26-27-28-29-30-31-33-34-36-38-40-42-45-48-51-57(60)63-54-55(53-62-56(59)50-47-44-15-12-9-6-3)64-58(61)52-49-46-43-41-39-37-35-32-25-23-21-19-17-14-11-8-5-2/h7,10,16-19,22-25,27-28,30-31,34,36,40,42,55H,4-6,8-9,11-15,20-21,26,29,32-33,35,37-39,41,43-54H2,1-3H3/b10-7-,18-16-,19-17-,24-22-,25-23-,28-27-,31-30-,36-34-,42-40-. The number of allylic oxidation sites excluding steroid dienone is 18. The summed E-state index contributed by atoms with van der Waals surface area (Å²) < 4.78 is 16.6. The van der Waals surface area contributed by atoms with Gasteiger partial charge in [-0.1, -0.05) is 207 Å². The maximum absolute atomic E-state index is 12.7. The van der Waals surface area contributed by atoms with Crippen molar-refractivity contribution in [3.63, 3.8) is 0 Å². The lowest BCUT2D eigenvalue weighted by molar-refractivity contribution is -0.167. The van der Waals surface area contributed by atoms with Gasteiger partial charge in [0.15, 0.2) is 6.10 Å². The van der Waals surface area contributed by atoms with E-state index in [1.165, 1.54) is 70.6 Å². The monoisotopic (exact) mass is 887 g/mol. The van der Waals surface area contributed by atoms with Gasteiger partial charge in [0.05, 0.1) is 0 Å². The summed E-state index contributed by atoms with van der Waals surface area (Å²) in [5, 5.41) is 0. The molecule has 1 unspecified atom stereocenters. The molecule has 0 aromatic rings. The van der Waals surface area contributed by atoms with Crippen molar-refractivity contribution in [1.29, 1.82) is 0 Å². The van der Waals surface area contributed by atoms with Crippen molar-refractivity contribution >= 4 is 17.9 Å². The van der Waals surface area contributed by atoms with Crippen LogP contribution < -0.4 is 0 Å². The van der Waals surface area contributed by atoms with Crippen molar-refractivity contribution in [2.24, 2.45) is 0 Å². The number of carbonyl (C=O) groups is 3. The van der Waals surface area contributed by atoms with E-state index in [1.54, 1.807) is 0 Å². The third kappa shape index (κ3) is 49.1. The van der Waals surface area contributed by atoms with Crippen LogP contribution in [0.3, 0.4) is 0 Å². The molecular weight excluding hydrogens is 793 g/mol. The van der Waals surface area contributed by atoms with E-state index in [-0.39, 0.29) is 37.5 Å². The van der Waals surface area contributed by atoms with Crippen molar-refractivity contribution in [2.75, 3.05) is 13.2 Å². The average molecular weight is 887 g/mol. The molecule has 0 aliphatic carbocycles. The fourth-order valence-electron chi connectivity index (χ4n) is 6.64. The number of hydrogen-bond acceptors (Lipinski definition) is 6. The Kier molecular flexibility index (Phi) is 48.5. The van der Waals surface area contributed by atoms with E-state index in [2.05, 4.69) is 130 Å². The molecule has 0 aromatic heterocycles. The van der Waals surface area contributed by atoms with Crippen LogP contribution in [0.1, 0.15) is 220 Å². The highest BCUT2D eigenvalue weighted by Gasteiger charge is 2.19. The zero-order valence-electron chi connectivity index (χ0n) is 41.3. The highest BCUT2D eigenvalue weighted by Crippen LogP contribution is 2.13. The number of carbonyl (C=O) groups excluding carboxylic acids is 3. The molecule has 0 saturated heterocycles. The summed E-state index contributed by atoms with van der Waals surface area (Å²) in [4.78, 5) is 37.7. The number of ether oxygens (including phenoxy) is 3. The van der Waals surface area contributed by atoms with Crippen molar-refractivity contribution in [1.82, 2.24) is 0 Å². The average Bonchev–Trinajstić information content (AvgIpc) is 3.29. The maximum Gasteiger partial charge on any atom is 0.306 e. The van der Waals surface area contributed by atoms with Crippen molar-refractivity contribution < 1.29 is 28.6 Å². The normalized spacial score (nSPS) is 13.0. The number of rotatable bonds is 45. The second-order valence-electron chi connectivity index (χ2n) is 16.7. The van der Waals surface area contributed by atoms with E-state index in [0.717, 1.165) is 103 Å². The second-order valence-corrected chi connectivity index (χ2v) is 16.7. The Labute approximate surface area is 393 Å². The fourth-order valence-corrected chi connectivity index (χ4v) is 6.64. The number of unbranched alkanes of at least 4 members (excludes halogenated alkanes) is 16. The molecule has 0 radical (unpaired) electrons. The first-order valence-corrected chi connectivity index (χ1v) is 25.9. The molecule has 6 nitrogen and oxygen atoms in total. The van der Waals surface area contributed by atoms with Crippen molar-refractivity contribution in [3.05, 3.63) is 109 Å². The van der Waals surface area contributed by atoms with Crippen LogP contribution in [0, 0.1) is 0 Å². The van der Waals surface area contributed by atoms with Gasteiger partial charge in [-0.3, -0.25) is 14.4 Å². The van der Waals surface area contributed by atoms with Gasteiger partial charge in [0, 0.05) is 19.3 Å². The van der Waals surface area contributed by atoms with Gasteiger partial charge in [-0.15, -0.1) is 0 Å². The first kappa shape index (κ1) is 60.1. The lowest BCUT2D eigenvalue weighted by atomic mass is 10.1. The minimum atomic E-state index is -0.804. The van der Waals surface area contributed by atoms with Crippen molar-refractivity contribution in [2.45, 2.75) is 226 Å². The number of hydrogen-bond donors (Lipinski definition) is 0. The van der Waals surface area contributed by atoms with Crippen LogP contribution in [-0.4, -0.2) is 37.2 Å². The molecule has 0 amide bonds. The highest BCUT2D eigenvalue weighted by atomic mass is 16.6. The molecule has 6 heteroatoms. The lowest BCUT2D eigenvalue weighted by Gasteiger charge is -2.18. The van der Waals surface area contributed by atoms with E-state index in [9.17, 15) is 14.4 Å². The van der Waals surface area contributed by atoms with Crippen LogP contribution in [0.4, 0.5) is 0 Å². The van der Waals surface area contributed by atoms with E-state index in [1.807, 2.05) is 0 Å². The quantitative estimate of drug-likeness (QED) is 0.0262. The van der Waals surface area contributed by atoms with Crippen molar-refractivity contribution in [3.8, 4) is 0 Å². The molecular formula is C58H94O6. The molecule has 0 rings (SSSR count). The molecule has 0 aromatic carbocycles. The molecule has 0 heterocycles. The second kappa shape index (κ2) is 51.7. The molecule has 64 heavy (non-hydrogen) atoms. The molecule has 0 bridgehead atoms. The van der Waals surface area contributed by atoms with Gasteiger partial charge >= 0.3 is 17.9 Å². The third-order valence-corrected chi connectivity index (χ3v) is 10.5. The Morgan fingerprint density at radius 3 is 1.05 bits per heavy atom. The zero-order chi connectivity index (χ0) is 46.5. The molecule has 0 spiro atoms. The Morgan fingerprint density at radius 1 is 0.328 bits per heavy atom. The van der Waals surface area contributed by atoms with Gasteiger partial charge in [0.25, 0.3) is 0 Å². The predicted octanol–water partition coefficient (Wildman–Crippen LogP) is 17.1. The Balaban J connectivity index is 4.35. The van der Waals surface area contributed by atoms with Gasteiger partial charge in [-0.2, -0.15) is 0 Å². The van der Waals surface area contributed by atoms with Crippen LogP contribution in [0.15, 0.2) is 109 Å². The Morgan fingerprint density at radius 2 is 0.625 bits per heavy atom. The zero-order valence-corrected chi connectivity index (χ0v) is 41.3. The van der Waals surface area contributed by atoms with Gasteiger partial charge in [-0.25, -0.2) is 0 Å². The molecule has 0 N–H and O–H groups in total. The molecule has 0 aliphatic heterocycles. The Hall–Kier alpha value is -3.93. The Bertz CT molecular complexity index is 1340. The maximum atomic E-state index is 12.7. The SMILES string of the molecule is CC/C=C\C/C=C\C/C=C\C/C=C\C/C=C\C/C=C\C/C=C\CCCC(=O)OCC(COC(=O)CCCCCCCC)OC(=O)CCCCCCCCC/C=C\C/C=C\CCCCC. The van der Waals surface area contributed by atoms with Gasteiger partial charge in [0.1, 0.15) is 13.2 Å². The van der Waals surface area contributed by atoms with Crippen LogP contribution in [0.5, 0.6) is 0 Å². The summed E-state index contributed by atoms with van der Waals surface area (Å²) in [6.45, 7) is 6.37. The van der Waals surface area contributed by atoms with Gasteiger partial charge in [-0.05, 0) is 103 Å². The first-order chi connectivity index (χ1) is 31.5. The predicted molar refractivity (Wildman–Crippen MR) is 274 cm³/mol. The summed E-state index contributed by atoms with van der Waals surface area (Å²) in [6, 6.07) is 0. The van der Waals surface area contributed by atoms with E-state index in [4.69, 9.17) is 14.2 Å². The highest BCUT2D eigenvalue weighted by molar-refractivity contribution is 5.71. The molecule has 0 fully saturated rings. The summed E-state index contributed by atoms with van der Waals surface area (Å²) in [5.41, 5.74) is 0. The minimum absolute atomic E-state index is 0.101. The van der Waals surface area contributed by atoms with Crippen LogP contribution in [-0.2, 0) is 28.6 Å². The van der Waals surface area contributed by atoms with Crippen LogP contribution >= 0.6 is 0 Å². The molecule has 0 aliphatic rings. The van der Waals surface area contributed by atoms with E-state index in [0.29, 0.717) is 19.3 Å². The summed E-state index contributed by atoms with van der Waals surface area (Å²) in [6.07, 6.45) is 69.6. The minimum Gasteiger partial charge on any atom is -0.462 e. The summed E-state index contributed by atoms with van der Waals surface area (Å²) in [5.74, 6) is -0.987. The summed E-state index contributed by atoms with van der Waals surface area (Å²) in [7, 11) is 0. The molecule has 362 valence electrons. The van der Waals surface area contributed by atoms with E-state index < -0.39 is 6.10 Å². The topological polar surface area (TPSA) is 78.9 Å². The van der Waals surface area contributed by atoms with Gasteiger partial charge < -0.3 is 14.2 Å². The molecule has 1 atom stereocenters. The fraction of sp³-hybridized carbons (Fsp3) is 0.638. The summed E-state index contributed by atoms with van der Waals surface area (Å²) >= 11 is 0. The first-order valence-electron chi connectivity index (χ1n) is 25.9. The molecule has 0 saturated carbocycles. The smallest absolute Gasteiger partial charge is 0.306 e. The van der Waals surface area contributed by atoms with Gasteiger partial charge in [0.2, 0.25) is 0 Å². The van der Waals surface area contributed by atoms with Crippen LogP contribution in [0.2, 0.25) is 0 Å². The van der Waals surface area contributed by atoms with E-state index >= 15 is 0 Å².